The standard InChI is InChI=1S/C11H10N2O2S/c1-15-10-7-4-6-16-11(7)13-5-2-3-8(13)9(14)12-10/h2-6,9,14H,1H3. The molecule has 4 nitrogen and oxygen atoms in total. The van der Waals surface area contributed by atoms with Crippen LogP contribution in [0.15, 0.2) is 34.8 Å². The Balaban J connectivity index is 2.30. The van der Waals surface area contributed by atoms with Crippen LogP contribution in [-0.2, 0) is 4.74 Å². The number of aliphatic imine (C=N–C) groups is 1. The zero-order valence-electron chi connectivity index (χ0n) is 8.62. The Bertz CT molecular complexity index is 556. The fourth-order valence-corrected chi connectivity index (χ4v) is 2.74. The van der Waals surface area contributed by atoms with Crippen LogP contribution >= 0.6 is 11.3 Å². The second kappa shape index (κ2) is 3.47. The topological polar surface area (TPSA) is 46.8 Å². The van der Waals surface area contributed by atoms with Crippen LogP contribution in [0.5, 0.6) is 0 Å². The smallest absolute Gasteiger partial charge is 0.221 e. The summed E-state index contributed by atoms with van der Waals surface area (Å²) in [4.78, 5) is 4.16. The van der Waals surface area contributed by atoms with Gasteiger partial charge in [0.05, 0.1) is 18.4 Å². The number of aromatic nitrogens is 1. The van der Waals surface area contributed by atoms with Crippen molar-refractivity contribution in [3.8, 4) is 5.00 Å². The van der Waals surface area contributed by atoms with E-state index in [0.29, 0.717) is 5.90 Å². The van der Waals surface area contributed by atoms with Gasteiger partial charge in [-0.25, -0.2) is 4.99 Å². The van der Waals surface area contributed by atoms with E-state index in [9.17, 15) is 5.11 Å². The molecule has 0 amide bonds. The highest BCUT2D eigenvalue weighted by atomic mass is 32.1. The summed E-state index contributed by atoms with van der Waals surface area (Å²) in [5.41, 5.74) is 1.68. The highest BCUT2D eigenvalue weighted by molar-refractivity contribution is 7.13. The van der Waals surface area contributed by atoms with Crippen molar-refractivity contribution in [1.82, 2.24) is 4.57 Å². The first kappa shape index (κ1) is 9.62. The predicted octanol–water partition coefficient (Wildman–Crippen LogP) is 1.94. The first-order valence-corrected chi connectivity index (χ1v) is 5.74. The molecule has 16 heavy (non-hydrogen) atoms. The van der Waals surface area contributed by atoms with E-state index in [1.54, 1.807) is 18.4 Å². The molecule has 1 atom stereocenters. The molecule has 0 saturated heterocycles. The summed E-state index contributed by atoms with van der Waals surface area (Å²) >= 11 is 1.60. The van der Waals surface area contributed by atoms with Gasteiger partial charge in [0.15, 0.2) is 6.23 Å². The minimum absolute atomic E-state index is 0.479. The zero-order chi connectivity index (χ0) is 11.1. The number of aliphatic hydroxyl groups is 1. The van der Waals surface area contributed by atoms with Crippen LogP contribution in [0.25, 0.3) is 5.00 Å². The number of thiophene rings is 1. The van der Waals surface area contributed by atoms with Gasteiger partial charge in [0.25, 0.3) is 0 Å². The van der Waals surface area contributed by atoms with Crippen molar-refractivity contribution in [3.05, 3.63) is 41.0 Å². The lowest BCUT2D eigenvalue weighted by molar-refractivity contribution is 0.179. The van der Waals surface area contributed by atoms with Crippen LogP contribution < -0.4 is 0 Å². The molecule has 0 aliphatic carbocycles. The highest BCUT2D eigenvalue weighted by Gasteiger charge is 2.23. The first-order chi connectivity index (χ1) is 7.81. The monoisotopic (exact) mass is 234 g/mol. The Labute approximate surface area is 96.4 Å². The van der Waals surface area contributed by atoms with E-state index in [0.717, 1.165) is 16.3 Å². The summed E-state index contributed by atoms with van der Waals surface area (Å²) in [6, 6.07) is 5.70. The van der Waals surface area contributed by atoms with Crippen molar-refractivity contribution in [3.63, 3.8) is 0 Å². The van der Waals surface area contributed by atoms with Gasteiger partial charge in [-0.2, -0.15) is 0 Å². The normalized spacial score (nSPS) is 18.4. The summed E-state index contributed by atoms with van der Waals surface area (Å²) in [5, 5.41) is 13.0. The third-order valence-corrected chi connectivity index (χ3v) is 3.48. The van der Waals surface area contributed by atoms with E-state index >= 15 is 0 Å². The maximum atomic E-state index is 9.94. The lowest BCUT2D eigenvalue weighted by Gasteiger charge is -2.06. The maximum absolute atomic E-state index is 9.94. The van der Waals surface area contributed by atoms with Crippen LogP contribution in [0.3, 0.4) is 0 Å². The van der Waals surface area contributed by atoms with Crippen LogP contribution in [0.2, 0.25) is 0 Å². The quantitative estimate of drug-likeness (QED) is 0.757. The SMILES string of the molecule is COC1=NC(O)c2cccn2-c2sccc21. The van der Waals surface area contributed by atoms with Crippen LogP contribution in [0.4, 0.5) is 0 Å². The molecule has 2 aromatic rings. The average Bonchev–Trinajstić information content (AvgIpc) is 2.91. The molecular weight excluding hydrogens is 224 g/mol. The second-order valence-electron chi connectivity index (χ2n) is 3.45. The number of ether oxygens (including phenoxy) is 1. The largest absolute Gasteiger partial charge is 0.481 e. The van der Waals surface area contributed by atoms with E-state index < -0.39 is 6.23 Å². The van der Waals surface area contributed by atoms with E-state index in [1.807, 2.05) is 34.3 Å². The number of aliphatic hydroxyl groups excluding tert-OH is 1. The molecule has 3 rings (SSSR count). The van der Waals surface area contributed by atoms with Gasteiger partial charge in [-0.05, 0) is 23.6 Å². The molecule has 0 spiro atoms. The third-order valence-electron chi connectivity index (χ3n) is 2.57. The molecule has 1 unspecified atom stereocenters. The second-order valence-corrected chi connectivity index (χ2v) is 4.35. The van der Waals surface area contributed by atoms with Gasteiger partial charge < -0.3 is 14.4 Å². The molecule has 82 valence electrons. The lowest BCUT2D eigenvalue weighted by Crippen LogP contribution is -2.04. The van der Waals surface area contributed by atoms with Crippen LogP contribution in [-0.4, -0.2) is 22.7 Å². The first-order valence-electron chi connectivity index (χ1n) is 4.86. The number of hydrogen-bond acceptors (Lipinski definition) is 4. The van der Waals surface area contributed by atoms with Crippen molar-refractivity contribution in [2.45, 2.75) is 6.23 Å². The van der Waals surface area contributed by atoms with Crippen LogP contribution in [0.1, 0.15) is 17.5 Å². The Morgan fingerprint density at radius 1 is 1.50 bits per heavy atom. The molecule has 1 N–H and O–H groups in total. The molecule has 0 bridgehead atoms. The highest BCUT2D eigenvalue weighted by Crippen LogP contribution is 2.31. The molecule has 0 radical (unpaired) electrons. The van der Waals surface area contributed by atoms with E-state index in [2.05, 4.69) is 4.99 Å². The Morgan fingerprint density at radius 3 is 3.19 bits per heavy atom. The van der Waals surface area contributed by atoms with Gasteiger partial charge in [-0.15, -0.1) is 11.3 Å². The van der Waals surface area contributed by atoms with Crippen molar-refractivity contribution in [2.75, 3.05) is 7.11 Å². The summed E-state index contributed by atoms with van der Waals surface area (Å²) < 4.78 is 7.15. The molecule has 0 fully saturated rings. The Kier molecular flexibility index (Phi) is 2.08. The molecule has 0 saturated carbocycles. The molecule has 0 aromatic carbocycles. The Hall–Kier alpha value is -1.59. The van der Waals surface area contributed by atoms with Gasteiger partial charge in [-0.3, -0.25) is 0 Å². The molecule has 1 aliphatic rings. The van der Waals surface area contributed by atoms with E-state index in [-0.39, 0.29) is 0 Å². The number of hydrogen-bond donors (Lipinski definition) is 1. The molecule has 1 aliphatic heterocycles. The average molecular weight is 234 g/mol. The number of nitrogens with zero attached hydrogens (tertiary/aromatic N) is 2. The third kappa shape index (κ3) is 1.22. The van der Waals surface area contributed by atoms with E-state index in [4.69, 9.17) is 4.74 Å². The van der Waals surface area contributed by atoms with Crippen molar-refractivity contribution < 1.29 is 9.84 Å². The van der Waals surface area contributed by atoms with Crippen molar-refractivity contribution >= 4 is 17.2 Å². The minimum Gasteiger partial charge on any atom is -0.481 e. The van der Waals surface area contributed by atoms with Gasteiger partial charge >= 0.3 is 0 Å². The number of fused-ring (bicyclic) bond motifs is 3. The summed E-state index contributed by atoms with van der Waals surface area (Å²) in [5.74, 6) is 0.479. The fourth-order valence-electron chi connectivity index (χ4n) is 1.85. The van der Waals surface area contributed by atoms with Gasteiger partial charge in [0.1, 0.15) is 5.00 Å². The predicted molar refractivity (Wildman–Crippen MR) is 62.2 cm³/mol. The maximum Gasteiger partial charge on any atom is 0.221 e. The molecule has 3 heterocycles. The lowest BCUT2D eigenvalue weighted by atomic mass is 10.3. The van der Waals surface area contributed by atoms with Gasteiger partial charge in [-0.1, -0.05) is 0 Å². The van der Waals surface area contributed by atoms with Gasteiger partial charge in [0.2, 0.25) is 5.90 Å². The van der Waals surface area contributed by atoms with E-state index in [1.165, 1.54) is 0 Å². The number of rotatable bonds is 0. The number of methoxy groups -OCH3 is 1. The van der Waals surface area contributed by atoms with Gasteiger partial charge in [0, 0.05) is 6.20 Å². The van der Waals surface area contributed by atoms with Crippen molar-refractivity contribution in [2.24, 2.45) is 4.99 Å². The Morgan fingerprint density at radius 2 is 2.38 bits per heavy atom. The summed E-state index contributed by atoms with van der Waals surface area (Å²) in [7, 11) is 1.56. The minimum atomic E-state index is -0.871. The molecule has 2 aromatic heterocycles. The fraction of sp³-hybridized carbons (Fsp3) is 0.182. The summed E-state index contributed by atoms with van der Waals surface area (Å²) in [6.07, 6.45) is 1.05. The zero-order valence-corrected chi connectivity index (χ0v) is 9.44. The van der Waals surface area contributed by atoms with Crippen LogP contribution in [0, 0.1) is 0 Å². The molecule has 5 heteroatoms. The van der Waals surface area contributed by atoms with Crippen molar-refractivity contribution in [1.29, 1.82) is 0 Å². The summed E-state index contributed by atoms with van der Waals surface area (Å²) in [6.45, 7) is 0. The molecular formula is C11H10N2O2S.